The van der Waals surface area contributed by atoms with E-state index in [1.54, 1.807) is 20.0 Å². The summed E-state index contributed by atoms with van der Waals surface area (Å²) in [6, 6.07) is 2.93. The summed E-state index contributed by atoms with van der Waals surface area (Å²) in [6.07, 6.45) is 0.376. The van der Waals surface area contributed by atoms with Crippen molar-refractivity contribution >= 4 is 23.0 Å². The van der Waals surface area contributed by atoms with Gasteiger partial charge in [-0.3, -0.25) is 14.9 Å². The number of amides is 1. The molecule has 0 saturated heterocycles. The molecule has 7 nitrogen and oxygen atoms in total. The van der Waals surface area contributed by atoms with Gasteiger partial charge in [-0.2, -0.15) is 0 Å². The molecule has 0 radical (unpaired) electrons. The average Bonchev–Trinajstić information content (AvgIpc) is 2.73. The van der Waals surface area contributed by atoms with Gasteiger partial charge in [-0.1, -0.05) is 13.5 Å². The molecule has 1 aromatic rings. The second-order valence-electron chi connectivity index (χ2n) is 5.02. The van der Waals surface area contributed by atoms with Crippen molar-refractivity contribution in [2.24, 2.45) is 0 Å². The molecule has 0 fully saturated rings. The van der Waals surface area contributed by atoms with Crippen LogP contribution in [0.5, 0.6) is 0 Å². The van der Waals surface area contributed by atoms with Gasteiger partial charge < -0.3 is 14.4 Å². The Labute approximate surface area is 128 Å². The van der Waals surface area contributed by atoms with Crippen LogP contribution in [-0.2, 0) is 19.9 Å². The normalized spacial score (nSPS) is 20.0. The third-order valence-corrected chi connectivity index (χ3v) is 4.15. The number of rotatable bonds is 5. The summed E-state index contributed by atoms with van der Waals surface area (Å²) in [5.41, 5.74) is -0.0590. The molecule has 0 bridgehead atoms. The molecule has 1 unspecified atom stereocenters. The zero-order valence-corrected chi connectivity index (χ0v) is 13.0. The number of carbonyl (C=O) groups is 1. The van der Waals surface area contributed by atoms with E-state index in [1.807, 2.05) is 0 Å². The number of benzene rings is 1. The van der Waals surface area contributed by atoms with Crippen LogP contribution in [-0.4, -0.2) is 32.1 Å². The Bertz CT molecular complexity index is 664. The first-order valence-electron chi connectivity index (χ1n) is 6.73. The minimum Gasteiger partial charge on any atom is -0.496 e. The quantitative estimate of drug-likeness (QED) is 0.474. The minimum atomic E-state index is -1.19. The molecule has 22 heavy (non-hydrogen) atoms. The van der Waals surface area contributed by atoms with Crippen molar-refractivity contribution in [3.63, 3.8) is 0 Å². The van der Waals surface area contributed by atoms with Gasteiger partial charge in [-0.05, 0) is 12.5 Å². The van der Waals surface area contributed by atoms with E-state index in [9.17, 15) is 14.9 Å². The molecule has 1 atom stereocenters. The van der Waals surface area contributed by atoms with Crippen molar-refractivity contribution < 1.29 is 19.2 Å². The maximum Gasteiger partial charge on any atom is 0.280 e. The molecule has 7 heteroatoms. The highest BCUT2D eigenvalue weighted by Crippen LogP contribution is 2.47. The number of nitro groups is 1. The molecule has 118 valence electrons. The van der Waals surface area contributed by atoms with Crippen LogP contribution in [0.2, 0.25) is 0 Å². The van der Waals surface area contributed by atoms with Crippen molar-refractivity contribution in [2.75, 3.05) is 26.2 Å². The Hall–Kier alpha value is -2.41. The van der Waals surface area contributed by atoms with E-state index in [-0.39, 0.29) is 22.9 Å². The summed E-state index contributed by atoms with van der Waals surface area (Å²) in [5, 5.41) is 11.4. The van der Waals surface area contributed by atoms with Gasteiger partial charge in [0, 0.05) is 25.8 Å². The lowest BCUT2D eigenvalue weighted by Gasteiger charge is -2.24. The number of hydrogen-bond donors (Lipinski definition) is 0. The van der Waals surface area contributed by atoms with Gasteiger partial charge in [0.2, 0.25) is 0 Å². The predicted molar refractivity (Wildman–Crippen MR) is 81.5 cm³/mol. The highest BCUT2D eigenvalue weighted by atomic mass is 16.6. The number of likely N-dealkylation sites (N-methyl/N-ethyl adjacent to an activating group) is 1. The van der Waals surface area contributed by atoms with Crippen molar-refractivity contribution in [1.29, 1.82) is 0 Å². The highest BCUT2D eigenvalue weighted by Gasteiger charge is 2.50. The predicted octanol–water partition coefficient (Wildman–Crippen LogP) is 2.44. The largest absolute Gasteiger partial charge is 0.496 e. The first kappa shape index (κ1) is 16.0. The summed E-state index contributed by atoms with van der Waals surface area (Å²) in [5.74, 6) is -0.0799. The Balaban J connectivity index is 2.79. The molecule has 0 N–H and O–H groups in total. The van der Waals surface area contributed by atoms with Crippen molar-refractivity contribution in [1.82, 2.24) is 0 Å². The van der Waals surface area contributed by atoms with Gasteiger partial charge in [0.05, 0.1) is 23.3 Å². The van der Waals surface area contributed by atoms with Crippen LogP contribution in [0.15, 0.2) is 18.7 Å². The Kier molecular flexibility index (Phi) is 3.93. The zero-order chi connectivity index (χ0) is 16.7. The fraction of sp³-hybridized carbons (Fsp3) is 0.400. The van der Waals surface area contributed by atoms with Gasteiger partial charge in [-0.25, -0.2) is 0 Å². The van der Waals surface area contributed by atoms with Crippen molar-refractivity contribution in [3.05, 3.63) is 40.0 Å². The second kappa shape index (κ2) is 5.42. The van der Waals surface area contributed by atoms with E-state index in [1.165, 1.54) is 25.2 Å². The lowest BCUT2D eigenvalue weighted by Crippen LogP contribution is -2.39. The molecular weight excluding hydrogens is 288 g/mol. The standard InChI is InChI=1S/C15H18N2O5/c1-6-15(22-5)11-8-12(17(19)20)10(9(2)21-4)7-13(11)16(3)14(15)18/h7-8H,2,6H2,1,3-5H3. The number of ether oxygens (including phenoxy) is 2. The monoisotopic (exact) mass is 306 g/mol. The Morgan fingerprint density at radius 3 is 2.55 bits per heavy atom. The fourth-order valence-corrected chi connectivity index (χ4v) is 2.84. The van der Waals surface area contributed by atoms with E-state index in [0.717, 1.165) is 0 Å². The van der Waals surface area contributed by atoms with Crippen molar-refractivity contribution in [2.45, 2.75) is 18.9 Å². The van der Waals surface area contributed by atoms with Crippen LogP contribution in [0, 0.1) is 10.1 Å². The van der Waals surface area contributed by atoms with Gasteiger partial charge in [0.1, 0.15) is 5.76 Å². The third kappa shape index (κ3) is 1.97. The number of fused-ring (bicyclic) bond motifs is 1. The van der Waals surface area contributed by atoms with Crippen LogP contribution in [0.25, 0.3) is 5.76 Å². The number of nitro benzene ring substituents is 1. The maximum atomic E-state index is 12.6. The smallest absolute Gasteiger partial charge is 0.280 e. The molecule has 0 saturated carbocycles. The topological polar surface area (TPSA) is 81.9 Å². The molecule has 0 aliphatic carbocycles. The first-order chi connectivity index (χ1) is 10.3. The lowest BCUT2D eigenvalue weighted by molar-refractivity contribution is -0.385. The number of anilines is 1. The van der Waals surface area contributed by atoms with Crippen LogP contribution in [0.4, 0.5) is 11.4 Å². The minimum absolute atomic E-state index is 0.163. The second-order valence-corrected chi connectivity index (χ2v) is 5.02. The van der Waals surface area contributed by atoms with Crippen LogP contribution >= 0.6 is 0 Å². The van der Waals surface area contributed by atoms with Gasteiger partial charge in [0.15, 0.2) is 5.60 Å². The van der Waals surface area contributed by atoms with E-state index in [0.29, 0.717) is 17.7 Å². The van der Waals surface area contributed by atoms with Crippen LogP contribution < -0.4 is 4.90 Å². The summed E-state index contributed by atoms with van der Waals surface area (Å²) in [4.78, 5) is 24.8. The Morgan fingerprint density at radius 1 is 1.45 bits per heavy atom. The number of carbonyl (C=O) groups excluding carboxylic acids is 1. The van der Waals surface area contributed by atoms with Gasteiger partial charge in [-0.15, -0.1) is 0 Å². The molecule has 0 spiro atoms. The third-order valence-electron chi connectivity index (χ3n) is 4.15. The molecule has 2 rings (SSSR count). The number of nitrogens with zero attached hydrogens (tertiary/aromatic N) is 2. The average molecular weight is 306 g/mol. The summed E-state index contributed by atoms with van der Waals surface area (Å²) in [7, 11) is 4.43. The fourth-order valence-electron chi connectivity index (χ4n) is 2.84. The highest BCUT2D eigenvalue weighted by molar-refractivity contribution is 6.07. The molecule has 1 aliphatic heterocycles. The maximum absolute atomic E-state index is 12.6. The van der Waals surface area contributed by atoms with E-state index in [2.05, 4.69) is 6.58 Å². The summed E-state index contributed by atoms with van der Waals surface area (Å²) < 4.78 is 10.5. The van der Waals surface area contributed by atoms with E-state index < -0.39 is 10.5 Å². The van der Waals surface area contributed by atoms with Crippen molar-refractivity contribution in [3.8, 4) is 0 Å². The molecular formula is C15H18N2O5. The van der Waals surface area contributed by atoms with Gasteiger partial charge in [0.25, 0.3) is 11.6 Å². The van der Waals surface area contributed by atoms with E-state index >= 15 is 0 Å². The van der Waals surface area contributed by atoms with Crippen LogP contribution in [0.1, 0.15) is 24.5 Å². The SMILES string of the molecule is C=C(OC)c1cc2c(cc1[N+](=O)[O-])C(CC)(OC)C(=O)N2C. The van der Waals surface area contributed by atoms with E-state index in [4.69, 9.17) is 9.47 Å². The summed E-state index contributed by atoms with van der Waals surface area (Å²) >= 11 is 0. The number of hydrogen-bond acceptors (Lipinski definition) is 5. The summed E-state index contributed by atoms with van der Waals surface area (Å²) in [6.45, 7) is 5.48. The molecule has 1 aromatic carbocycles. The van der Waals surface area contributed by atoms with Gasteiger partial charge >= 0.3 is 0 Å². The molecule has 1 heterocycles. The Morgan fingerprint density at radius 2 is 2.09 bits per heavy atom. The number of methoxy groups -OCH3 is 2. The molecule has 0 aromatic heterocycles. The lowest BCUT2D eigenvalue weighted by atomic mass is 9.90. The molecule has 1 aliphatic rings. The van der Waals surface area contributed by atoms with Crippen LogP contribution in [0.3, 0.4) is 0 Å². The zero-order valence-electron chi connectivity index (χ0n) is 13.0. The molecule has 1 amide bonds. The first-order valence-corrected chi connectivity index (χ1v) is 6.73.